The fourth-order valence-corrected chi connectivity index (χ4v) is 4.55. The summed E-state index contributed by atoms with van der Waals surface area (Å²) in [7, 11) is -3.57. The fourth-order valence-electron chi connectivity index (χ4n) is 2.61. The average Bonchev–Trinajstić information content (AvgIpc) is 2.41. The van der Waals surface area contributed by atoms with Crippen LogP contribution in [0.25, 0.3) is 0 Å². The summed E-state index contributed by atoms with van der Waals surface area (Å²) in [5.41, 5.74) is 0.548. The summed E-state index contributed by atoms with van der Waals surface area (Å²) in [6.45, 7) is 2.39. The maximum absolute atomic E-state index is 12.6. The first-order valence-corrected chi connectivity index (χ1v) is 8.61. The SMILES string of the molecule is Cc1c(Cl)cccc1S(=O)(=O)N1CCC(CC(=O)O)CC1. The van der Waals surface area contributed by atoms with Crippen molar-refractivity contribution in [1.29, 1.82) is 0 Å². The summed E-state index contributed by atoms with van der Waals surface area (Å²) in [5, 5.41) is 9.22. The van der Waals surface area contributed by atoms with Gasteiger partial charge in [0.1, 0.15) is 0 Å². The number of carbonyl (C=O) groups is 1. The van der Waals surface area contributed by atoms with Gasteiger partial charge in [-0.1, -0.05) is 17.7 Å². The van der Waals surface area contributed by atoms with Gasteiger partial charge in [-0.25, -0.2) is 8.42 Å². The van der Waals surface area contributed by atoms with Gasteiger partial charge in [-0.3, -0.25) is 4.79 Å². The van der Waals surface area contributed by atoms with E-state index in [4.69, 9.17) is 16.7 Å². The lowest BCUT2D eigenvalue weighted by Crippen LogP contribution is -2.39. The van der Waals surface area contributed by atoms with E-state index in [1.165, 1.54) is 4.31 Å². The van der Waals surface area contributed by atoms with Crippen molar-refractivity contribution in [2.24, 2.45) is 5.92 Å². The summed E-state index contributed by atoms with van der Waals surface area (Å²) in [6.07, 6.45) is 1.25. The van der Waals surface area contributed by atoms with Crippen LogP contribution in [0.2, 0.25) is 5.02 Å². The molecule has 0 unspecified atom stereocenters. The lowest BCUT2D eigenvalue weighted by atomic mass is 9.95. The molecule has 0 aliphatic carbocycles. The molecule has 1 aromatic carbocycles. The van der Waals surface area contributed by atoms with Crippen LogP contribution in [0, 0.1) is 12.8 Å². The summed E-state index contributed by atoms with van der Waals surface area (Å²) in [6, 6.07) is 4.84. The maximum atomic E-state index is 12.6. The zero-order valence-electron chi connectivity index (χ0n) is 11.8. The molecule has 0 atom stereocenters. The van der Waals surface area contributed by atoms with Crippen LogP contribution >= 0.6 is 11.6 Å². The fraction of sp³-hybridized carbons (Fsp3) is 0.500. The van der Waals surface area contributed by atoms with E-state index in [2.05, 4.69) is 0 Å². The first kappa shape index (κ1) is 16.3. The third kappa shape index (κ3) is 3.56. The molecule has 21 heavy (non-hydrogen) atoms. The van der Waals surface area contributed by atoms with E-state index >= 15 is 0 Å². The Labute approximate surface area is 129 Å². The molecule has 0 aromatic heterocycles. The third-order valence-corrected chi connectivity index (χ3v) is 6.33. The van der Waals surface area contributed by atoms with Gasteiger partial charge in [0.25, 0.3) is 0 Å². The van der Waals surface area contributed by atoms with Gasteiger partial charge >= 0.3 is 5.97 Å². The normalized spacial score (nSPS) is 17.8. The van der Waals surface area contributed by atoms with E-state index in [0.29, 0.717) is 36.5 Å². The molecule has 1 saturated heterocycles. The highest BCUT2D eigenvalue weighted by molar-refractivity contribution is 7.89. The number of rotatable bonds is 4. The molecular weight excluding hydrogens is 314 g/mol. The molecule has 0 radical (unpaired) electrons. The molecule has 116 valence electrons. The Bertz CT molecular complexity index is 636. The van der Waals surface area contributed by atoms with Crippen LogP contribution in [0.4, 0.5) is 0 Å². The van der Waals surface area contributed by atoms with Crippen LogP contribution in [0.1, 0.15) is 24.8 Å². The van der Waals surface area contributed by atoms with E-state index in [-0.39, 0.29) is 17.2 Å². The highest BCUT2D eigenvalue weighted by Gasteiger charge is 2.31. The molecule has 1 aromatic rings. The Hall–Kier alpha value is -1.11. The van der Waals surface area contributed by atoms with E-state index in [0.717, 1.165) is 0 Å². The molecule has 7 heteroatoms. The smallest absolute Gasteiger partial charge is 0.303 e. The van der Waals surface area contributed by atoms with Crippen molar-refractivity contribution < 1.29 is 18.3 Å². The Morgan fingerprint density at radius 3 is 2.57 bits per heavy atom. The van der Waals surface area contributed by atoms with Gasteiger partial charge in [0.2, 0.25) is 10.0 Å². The first-order chi connectivity index (χ1) is 9.82. The highest BCUT2D eigenvalue weighted by atomic mass is 35.5. The monoisotopic (exact) mass is 331 g/mol. The van der Waals surface area contributed by atoms with Crippen LogP contribution in [-0.4, -0.2) is 36.9 Å². The summed E-state index contributed by atoms with van der Waals surface area (Å²) < 4.78 is 26.7. The summed E-state index contributed by atoms with van der Waals surface area (Å²) in [5.74, 6) is -0.781. The predicted molar refractivity (Wildman–Crippen MR) is 79.9 cm³/mol. The molecule has 0 spiro atoms. The quantitative estimate of drug-likeness (QED) is 0.920. The highest BCUT2D eigenvalue weighted by Crippen LogP contribution is 2.29. The molecule has 1 fully saturated rings. The van der Waals surface area contributed by atoms with Crippen LogP contribution in [0.3, 0.4) is 0 Å². The summed E-state index contributed by atoms with van der Waals surface area (Å²) >= 11 is 5.99. The van der Waals surface area contributed by atoms with Crippen LogP contribution < -0.4 is 0 Å². The number of sulfonamides is 1. The van der Waals surface area contributed by atoms with Gasteiger partial charge in [0.05, 0.1) is 4.90 Å². The molecular formula is C14H18ClNO4S. The zero-order valence-corrected chi connectivity index (χ0v) is 13.3. The number of carboxylic acid groups (broad SMARTS) is 1. The zero-order chi connectivity index (χ0) is 15.6. The second-order valence-electron chi connectivity index (χ2n) is 5.31. The van der Waals surface area contributed by atoms with Gasteiger partial charge < -0.3 is 5.11 Å². The minimum absolute atomic E-state index is 0.0504. The molecule has 0 saturated carbocycles. The number of nitrogens with zero attached hydrogens (tertiary/aromatic N) is 1. The predicted octanol–water partition coefficient (Wildman–Crippen LogP) is 2.52. The maximum Gasteiger partial charge on any atom is 0.303 e. The van der Waals surface area contributed by atoms with Crippen molar-refractivity contribution in [3.8, 4) is 0 Å². The molecule has 2 rings (SSSR count). The van der Waals surface area contributed by atoms with E-state index in [1.54, 1.807) is 25.1 Å². The molecule has 1 heterocycles. The molecule has 5 nitrogen and oxygen atoms in total. The van der Waals surface area contributed by atoms with E-state index < -0.39 is 16.0 Å². The summed E-state index contributed by atoms with van der Waals surface area (Å²) in [4.78, 5) is 10.9. The number of carboxylic acids is 1. The molecule has 0 bridgehead atoms. The Morgan fingerprint density at radius 2 is 2.00 bits per heavy atom. The van der Waals surface area contributed by atoms with E-state index in [9.17, 15) is 13.2 Å². The minimum Gasteiger partial charge on any atom is -0.481 e. The number of halogens is 1. The Kier molecular flexibility index (Phi) is 4.91. The van der Waals surface area contributed by atoms with Gasteiger partial charge in [-0.05, 0) is 43.4 Å². The topological polar surface area (TPSA) is 74.7 Å². The van der Waals surface area contributed by atoms with Gasteiger partial charge in [-0.2, -0.15) is 4.31 Å². The van der Waals surface area contributed by atoms with Crippen molar-refractivity contribution in [3.63, 3.8) is 0 Å². The third-order valence-electron chi connectivity index (χ3n) is 3.87. The molecule has 1 aliphatic rings. The number of hydrogen-bond donors (Lipinski definition) is 1. The van der Waals surface area contributed by atoms with Crippen molar-refractivity contribution in [2.75, 3.05) is 13.1 Å². The Balaban J connectivity index is 2.15. The van der Waals surface area contributed by atoms with Gasteiger partial charge in [-0.15, -0.1) is 0 Å². The Morgan fingerprint density at radius 1 is 1.38 bits per heavy atom. The minimum atomic E-state index is -3.57. The van der Waals surface area contributed by atoms with Gasteiger partial charge in [0.15, 0.2) is 0 Å². The van der Waals surface area contributed by atoms with Gasteiger partial charge in [0, 0.05) is 24.5 Å². The number of benzene rings is 1. The second-order valence-corrected chi connectivity index (χ2v) is 7.62. The lowest BCUT2D eigenvalue weighted by Gasteiger charge is -2.31. The standard InChI is InChI=1S/C14H18ClNO4S/c1-10-12(15)3-2-4-13(10)21(19,20)16-7-5-11(6-8-16)9-14(17)18/h2-4,11H,5-9H2,1H3,(H,17,18). The van der Waals surface area contributed by atoms with Crippen LogP contribution in [0.5, 0.6) is 0 Å². The number of piperidine rings is 1. The van der Waals surface area contributed by atoms with E-state index in [1.807, 2.05) is 0 Å². The average molecular weight is 332 g/mol. The second kappa shape index (κ2) is 6.34. The van der Waals surface area contributed by atoms with Crippen molar-refractivity contribution in [1.82, 2.24) is 4.31 Å². The lowest BCUT2D eigenvalue weighted by molar-refractivity contribution is -0.138. The van der Waals surface area contributed by atoms with Crippen molar-refractivity contribution in [2.45, 2.75) is 31.1 Å². The number of hydrogen-bond acceptors (Lipinski definition) is 3. The van der Waals surface area contributed by atoms with Crippen LogP contribution in [0.15, 0.2) is 23.1 Å². The first-order valence-electron chi connectivity index (χ1n) is 6.79. The van der Waals surface area contributed by atoms with Crippen LogP contribution in [-0.2, 0) is 14.8 Å². The molecule has 0 amide bonds. The van der Waals surface area contributed by atoms with Crippen molar-refractivity contribution >= 4 is 27.6 Å². The van der Waals surface area contributed by atoms with Crippen molar-refractivity contribution in [3.05, 3.63) is 28.8 Å². The largest absolute Gasteiger partial charge is 0.481 e. The molecule has 1 N–H and O–H groups in total. The molecule has 1 aliphatic heterocycles. The number of aliphatic carboxylic acids is 1.